The molecule has 0 spiro atoms. The number of carbonyl (C=O) groups excluding carboxylic acids is 1. The summed E-state index contributed by atoms with van der Waals surface area (Å²) in [4.78, 5) is 15.6. The molecule has 2 rings (SSSR count). The first-order valence-electron chi connectivity index (χ1n) is 6.91. The van der Waals surface area contributed by atoms with Crippen LogP contribution in [0.4, 0.5) is 18.3 Å². The van der Waals surface area contributed by atoms with Crippen LogP contribution in [-0.2, 0) is 11.0 Å². The fourth-order valence-corrected chi connectivity index (χ4v) is 4.17. The van der Waals surface area contributed by atoms with E-state index in [1.165, 1.54) is 11.3 Å². The molecule has 2 aromatic heterocycles. The highest BCUT2D eigenvalue weighted by Crippen LogP contribution is 2.33. The van der Waals surface area contributed by atoms with E-state index < -0.39 is 11.7 Å². The number of amides is 1. The van der Waals surface area contributed by atoms with E-state index in [1.807, 2.05) is 6.92 Å². The molecule has 2 aromatic rings. The smallest absolute Gasteiger partial charge is 0.300 e. The summed E-state index contributed by atoms with van der Waals surface area (Å²) in [7, 11) is 0. The molecule has 1 amide bonds. The summed E-state index contributed by atoms with van der Waals surface area (Å²) in [6, 6.07) is 0.788. The highest BCUT2D eigenvalue weighted by molar-refractivity contribution is 8.01. The van der Waals surface area contributed by atoms with E-state index in [-0.39, 0.29) is 21.7 Å². The van der Waals surface area contributed by atoms with Crippen LogP contribution in [-0.4, -0.2) is 32.6 Å². The molecule has 0 aliphatic heterocycles. The van der Waals surface area contributed by atoms with Crippen molar-refractivity contribution in [2.24, 2.45) is 0 Å². The fraction of sp³-hybridized carbons (Fsp3) is 0.385. The minimum Gasteiger partial charge on any atom is -0.300 e. The fourth-order valence-electron chi connectivity index (χ4n) is 1.48. The highest BCUT2D eigenvalue weighted by atomic mass is 35.5. The van der Waals surface area contributed by atoms with Gasteiger partial charge in [-0.1, -0.05) is 53.4 Å². The van der Waals surface area contributed by atoms with Gasteiger partial charge in [-0.05, 0) is 12.5 Å². The number of anilines is 1. The second kappa shape index (κ2) is 9.06. The van der Waals surface area contributed by atoms with Gasteiger partial charge in [0.1, 0.15) is 5.03 Å². The summed E-state index contributed by atoms with van der Waals surface area (Å²) in [5.74, 6) is 0.483. The lowest BCUT2D eigenvalue weighted by Gasteiger charge is -2.08. The minimum absolute atomic E-state index is 0.0604. The normalized spacial score (nSPS) is 11.6. The molecule has 0 saturated carbocycles. The number of nitrogens with one attached hydrogen (secondary N) is 1. The number of alkyl halides is 3. The van der Waals surface area contributed by atoms with Crippen molar-refractivity contribution in [1.29, 1.82) is 0 Å². The topological polar surface area (TPSA) is 67.8 Å². The Morgan fingerprint density at radius 2 is 2.12 bits per heavy atom. The first-order valence-corrected chi connectivity index (χ1v) is 10.1. The first-order chi connectivity index (χ1) is 11.8. The van der Waals surface area contributed by atoms with E-state index in [1.54, 1.807) is 11.8 Å². The quantitative estimate of drug-likeness (QED) is 0.502. The molecule has 0 aliphatic carbocycles. The molecule has 2 heterocycles. The standard InChI is InChI=1S/C13H12ClF3N4OS3/c1-2-3-23-12-21-20-11(25-12)19-9(22)6-24-10-8(14)4-7(5-18-10)13(15,16)17/h4-5H,2-3,6H2,1H3,(H,19,20,22). The maximum atomic E-state index is 12.6. The van der Waals surface area contributed by atoms with E-state index in [0.717, 1.165) is 34.3 Å². The molecule has 5 nitrogen and oxygen atoms in total. The minimum atomic E-state index is -4.51. The van der Waals surface area contributed by atoms with Gasteiger partial charge in [0.15, 0.2) is 4.34 Å². The highest BCUT2D eigenvalue weighted by Gasteiger charge is 2.31. The Balaban J connectivity index is 1.88. The molecule has 0 aromatic carbocycles. The molecule has 0 fully saturated rings. The van der Waals surface area contributed by atoms with Crippen LogP contribution in [0, 0.1) is 0 Å². The number of rotatable bonds is 7. The molecule has 0 bridgehead atoms. The lowest BCUT2D eigenvalue weighted by Crippen LogP contribution is -2.14. The average Bonchev–Trinajstić information content (AvgIpc) is 2.98. The summed E-state index contributed by atoms with van der Waals surface area (Å²) in [6.45, 7) is 2.05. The van der Waals surface area contributed by atoms with Crippen molar-refractivity contribution in [1.82, 2.24) is 15.2 Å². The van der Waals surface area contributed by atoms with Crippen molar-refractivity contribution in [2.45, 2.75) is 28.9 Å². The van der Waals surface area contributed by atoms with Crippen LogP contribution in [0.2, 0.25) is 5.02 Å². The molecule has 136 valence electrons. The molecule has 12 heteroatoms. The summed E-state index contributed by atoms with van der Waals surface area (Å²) < 4.78 is 38.4. The lowest BCUT2D eigenvalue weighted by molar-refractivity contribution is -0.137. The number of halogens is 4. The zero-order valence-electron chi connectivity index (χ0n) is 12.8. The molecule has 1 N–H and O–H groups in total. The third-order valence-electron chi connectivity index (χ3n) is 2.56. The van der Waals surface area contributed by atoms with Crippen LogP contribution in [0.25, 0.3) is 0 Å². The van der Waals surface area contributed by atoms with Crippen LogP contribution >= 0.6 is 46.5 Å². The molecule has 0 saturated heterocycles. The molecule has 0 atom stereocenters. The van der Waals surface area contributed by atoms with E-state index in [4.69, 9.17) is 11.6 Å². The lowest BCUT2D eigenvalue weighted by atomic mass is 10.3. The Labute approximate surface area is 159 Å². The first kappa shape index (κ1) is 20.3. The van der Waals surface area contributed by atoms with Crippen molar-refractivity contribution >= 4 is 57.5 Å². The second-order valence-corrected chi connectivity index (χ2v) is 8.26. The van der Waals surface area contributed by atoms with Crippen LogP contribution in [0.1, 0.15) is 18.9 Å². The van der Waals surface area contributed by atoms with Crippen LogP contribution < -0.4 is 5.32 Å². The molecular weight excluding hydrogens is 417 g/mol. The molecule has 0 radical (unpaired) electrons. The largest absolute Gasteiger partial charge is 0.417 e. The number of nitrogens with zero attached hydrogens (tertiary/aromatic N) is 3. The zero-order valence-corrected chi connectivity index (χ0v) is 16.0. The Morgan fingerprint density at radius 3 is 2.76 bits per heavy atom. The zero-order chi connectivity index (χ0) is 18.4. The number of hydrogen-bond acceptors (Lipinski definition) is 7. The summed E-state index contributed by atoms with van der Waals surface area (Å²) >= 11 is 9.55. The van der Waals surface area contributed by atoms with Crippen molar-refractivity contribution in [3.63, 3.8) is 0 Å². The summed E-state index contributed by atoms with van der Waals surface area (Å²) in [5.41, 5.74) is -0.933. The Hall–Kier alpha value is -1.04. The number of hydrogen-bond donors (Lipinski definition) is 1. The number of thioether (sulfide) groups is 2. The van der Waals surface area contributed by atoms with Gasteiger partial charge in [-0.15, -0.1) is 10.2 Å². The van der Waals surface area contributed by atoms with Crippen molar-refractivity contribution < 1.29 is 18.0 Å². The van der Waals surface area contributed by atoms with Crippen LogP contribution in [0.3, 0.4) is 0 Å². The van der Waals surface area contributed by atoms with E-state index in [9.17, 15) is 18.0 Å². The van der Waals surface area contributed by atoms with Crippen LogP contribution in [0.15, 0.2) is 21.6 Å². The molecule has 0 unspecified atom stereocenters. The second-order valence-electron chi connectivity index (χ2n) is 4.57. The van der Waals surface area contributed by atoms with Crippen LogP contribution in [0.5, 0.6) is 0 Å². The van der Waals surface area contributed by atoms with Crippen molar-refractivity contribution in [3.05, 3.63) is 22.8 Å². The Kier molecular flexibility index (Phi) is 7.35. The molecule has 25 heavy (non-hydrogen) atoms. The van der Waals surface area contributed by atoms with Gasteiger partial charge in [0.2, 0.25) is 11.0 Å². The van der Waals surface area contributed by atoms with Gasteiger partial charge in [0, 0.05) is 11.9 Å². The Morgan fingerprint density at radius 1 is 1.36 bits per heavy atom. The van der Waals surface area contributed by atoms with Gasteiger partial charge in [0.25, 0.3) is 0 Å². The van der Waals surface area contributed by atoms with Gasteiger partial charge in [0.05, 0.1) is 16.3 Å². The maximum absolute atomic E-state index is 12.6. The van der Waals surface area contributed by atoms with E-state index >= 15 is 0 Å². The molecule has 0 aliphatic rings. The molecular formula is C13H12ClF3N4OS3. The van der Waals surface area contributed by atoms with Gasteiger partial charge >= 0.3 is 6.18 Å². The predicted molar refractivity (Wildman–Crippen MR) is 94.5 cm³/mol. The van der Waals surface area contributed by atoms with Crippen molar-refractivity contribution in [3.8, 4) is 0 Å². The van der Waals surface area contributed by atoms with E-state index in [0.29, 0.717) is 11.3 Å². The number of carbonyl (C=O) groups is 1. The number of pyridine rings is 1. The SMILES string of the molecule is CCCSc1nnc(NC(=O)CSc2ncc(C(F)(F)F)cc2Cl)s1. The number of aromatic nitrogens is 3. The Bertz CT molecular complexity index is 742. The predicted octanol–water partition coefficient (Wildman–Crippen LogP) is 4.84. The summed E-state index contributed by atoms with van der Waals surface area (Å²) in [5, 5.41) is 10.8. The van der Waals surface area contributed by atoms with Gasteiger partial charge in [-0.2, -0.15) is 13.2 Å². The monoisotopic (exact) mass is 428 g/mol. The van der Waals surface area contributed by atoms with Gasteiger partial charge in [-0.3, -0.25) is 10.1 Å². The average molecular weight is 429 g/mol. The third-order valence-corrected chi connectivity index (χ3v) is 6.14. The van der Waals surface area contributed by atoms with Crippen molar-refractivity contribution in [2.75, 3.05) is 16.8 Å². The summed E-state index contributed by atoms with van der Waals surface area (Å²) in [6.07, 6.45) is -2.82. The van der Waals surface area contributed by atoms with Gasteiger partial charge in [-0.25, -0.2) is 4.98 Å². The third kappa shape index (κ3) is 6.32. The van der Waals surface area contributed by atoms with E-state index in [2.05, 4.69) is 20.5 Å². The van der Waals surface area contributed by atoms with Gasteiger partial charge < -0.3 is 0 Å². The maximum Gasteiger partial charge on any atom is 0.417 e.